The van der Waals surface area contributed by atoms with E-state index in [-0.39, 0.29) is 28.8 Å². The van der Waals surface area contributed by atoms with Crippen molar-refractivity contribution in [3.05, 3.63) is 63.9 Å². The molecule has 0 unspecified atom stereocenters. The Hall–Kier alpha value is -3.47. The average Bonchev–Trinajstić information content (AvgIpc) is 3.66. The van der Waals surface area contributed by atoms with Gasteiger partial charge in [0.25, 0.3) is 5.91 Å². The molecule has 2 aromatic rings. The summed E-state index contributed by atoms with van der Waals surface area (Å²) < 4.78 is 53.6. The second-order valence-corrected chi connectivity index (χ2v) is 10.4. The van der Waals surface area contributed by atoms with Crippen molar-refractivity contribution in [1.82, 2.24) is 5.32 Å². The molecule has 1 aliphatic carbocycles. The first-order valence-corrected chi connectivity index (χ1v) is 12.8. The summed E-state index contributed by atoms with van der Waals surface area (Å²) in [5, 5.41) is 5.17. The summed E-state index contributed by atoms with van der Waals surface area (Å²) >= 11 is 6.32. The normalized spacial score (nSPS) is 18.8. The number of carbonyl (C=O) groups is 3. The number of fused-ring (bicyclic) bond motifs is 1. The third-order valence-electron chi connectivity index (χ3n) is 6.83. The molecule has 1 heterocycles. The molecule has 1 fully saturated rings. The molecular formula is C27H27ClF4N4O3. The summed E-state index contributed by atoms with van der Waals surface area (Å²) in [5.41, 5.74) is 7.05. The minimum atomic E-state index is -4.57. The van der Waals surface area contributed by atoms with Gasteiger partial charge in [-0.1, -0.05) is 36.6 Å². The van der Waals surface area contributed by atoms with Crippen LogP contribution in [0.3, 0.4) is 0 Å². The van der Waals surface area contributed by atoms with Crippen molar-refractivity contribution in [3.63, 3.8) is 0 Å². The van der Waals surface area contributed by atoms with Crippen LogP contribution in [0.15, 0.2) is 41.4 Å². The molecule has 208 valence electrons. The fraction of sp³-hybridized carbons (Fsp3) is 0.407. The van der Waals surface area contributed by atoms with Crippen molar-refractivity contribution >= 4 is 40.7 Å². The van der Waals surface area contributed by atoms with Crippen LogP contribution in [0.1, 0.15) is 48.8 Å². The number of para-hydroxylation sites is 1. The number of aryl methyl sites for hydroxylation is 1. The molecule has 0 bridgehead atoms. The molecule has 4 rings (SSSR count). The monoisotopic (exact) mass is 566 g/mol. The van der Waals surface area contributed by atoms with Crippen LogP contribution in [-0.4, -0.2) is 35.8 Å². The number of hydrogen-bond acceptors (Lipinski definition) is 4. The van der Waals surface area contributed by atoms with E-state index >= 15 is 0 Å². The molecule has 12 heteroatoms. The van der Waals surface area contributed by atoms with Gasteiger partial charge >= 0.3 is 6.18 Å². The quantitative estimate of drug-likeness (QED) is 0.376. The number of primary amides is 1. The highest BCUT2D eigenvalue weighted by Gasteiger charge is 2.41. The van der Waals surface area contributed by atoms with E-state index in [1.54, 1.807) is 25.1 Å². The number of aliphatic imine (C=N–C) groups is 1. The third-order valence-corrected chi connectivity index (χ3v) is 7.14. The van der Waals surface area contributed by atoms with Gasteiger partial charge in [0.05, 0.1) is 16.4 Å². The van der Waals surface area contributed by atoms with E-state index in [1.807, 2.05) is 0 Å². The second kappa shape index (κ2) is 11.3. The topological polar surface area (TPSA) is 114 Å². The summed E-state index contributed by atoms with van der Waals surface area (Å²) in [7, 11) is 0. The number of nitrogens with zero attached hydrogens (tertiary/aromatic N) is 1. The highest BCUT2D eigenvalue weighted by molar-refractivity contribution is 6.36. The van der Waals surface area contributed by atoms with Gasteiger partial charge in [-0.2, -0.15) is 13.2 Å². The van der Waals surface area contributed by atoms with Crippen LogP contribution in [0.25, 0.3) is 0 Å². The number of benzene rings is 2. The molecule has 1 saturated carbocycles. The number of hydrogen-bond donors (Lipinski definition) is 3. The molecule has 7 nitrogen and oxygen atoms in total. The van der Waals surface area contributed by atoms with E-state index in [1.165, 1.54) is 18.2 Å². The summed E-state index contributed by atoms with van der Waals surface area (Å²) in [6.07, 6.45) is -6.41. The van der Waals surface area contributed by atoms with E-state index in [2.05, 4.69) is 15.6 Å². The first kappa shape index (κ1) is 28.5. The predicted molar refractivity (Wildman–Crippen MR) is 138 cm³/mol. The van der Waals surface area contributed by atoms with E-state index < -0.39 is 60.6 Å². The van der Waals surface area contributed by atoms with Crippen molar-refractivity contribution in [2.24, 2.45) is 28.5 Å². The van der Waals surface area contributed by atoms with Crippen molar-refractivity contribution < 1.29 is 31.9 Å². The minimum absolute atomic E-state index is 0.0994. The van der Waals surface area contributed by atoms with Crippen LogP contribution in [0.2, 0.25) is 5.02 Å². The summed E-state index contributed by atoms with van der Waals surface area (Å²) in [6.45, 7) is 1.67. The Morgan fingerprint density at radius 2 is 1.92 bits per heavy atom. The molecular weight excluding hydrogens is 540 g/mol. The number of nitrogens with one attached hydrogen (secondary N) is 2. The van der Waals surface area contributed by atoms with Gasteiger partial charge in [0.1, 0.15) is 5.82 Å². The molecule has 1 aliphatic heterocycles. The largest absolute Gasteiger partial charge is 0.389 e. The van der Waals surface area contributed by atoms with Crippen LogP contribution >= 0.6 is 11.6 Å². The summed E-state index contributed by atoms with van der Waals surface area (Å²) in [5.74, 6) is -5.68. The molecule has 0 aromatic heterocycles. The standard InChI is InChI=1S/C27H27ClF4N4O3/c1-13-9-15(12-16(29)10-13)21-18-3-2-4-20(28)22(18)35-26(39)24(34-21)36-25(38)17(7-8-27(30,31)32)19(23(33)37)11-14-5-6-14/h2-4,9-10,12,14,17,19,24H,5-8,11H2,1H3,(H2,33,37)(H,35,39)(H,36,38)/t17-,19+,24-/m1/s1. The van der Waals surface area contributed by atoms with E-state index in [0.29, 0.717) is 16.7 Å². The van der Waals surface area contributed by atoms with Gasteiger partial charge < -0.3 is 16.4 Å². The van der Waals surface area contributed by atoms with Crippen LogP contribution in [0.4, 0.5) is 23.2 Å². The van der Waals surface area contributed by atoms with Gasteiger partial charge in [-0.05, 0) is 55.5 Å². The van der Waals surface area contributed by atoms with Gasteiger partial charge in [0.2, 0.25) is 18.0 Å². The maximum Gasteiger partial charge on any atom is 0.389 e. The number of halogens is 5. The molecule has 2 aromatic carbocycles. The smallest absolute Gasteiger partial charge is 0.369 e. The van der Waals surface area contributed by atoms with Gasteiger partial charge in [-0.25, -0.2) is 9.38 Å². The second-order valence-electron chi connectivity index (χ2n) is 10.0. The minimum Gasteiger partial charge on any atom is -0.369 e. The molecule has 3 amide bonds. The van der Waals surface area contributed by atoms with Gasteiger partial charge in [-0.3, -0.25) is 14.4 Å². The lowest BCUT2D eigenvalue weighted by Crippen LogP contribution is -2.48. The Bertz CT molecular complexity index is 1310. The fourth-order valence-electron chi connectivity index (χ4n) is 4.77. The average molecular weight is 567 g/mol. The highest BCUT2D eigenvalue weighted by atomic mass is 35.5. The maximum atomic E-state index is 14.3. The molecule has 0 spiro atoms. The van der Waals surface area contributed by atoms with Crippen molar-refractivity contribution in [2.45, 2.75) is 51.4 Å². The van der Waals surface area contributed by atoms with Crippen LogP contribution < -0.4 is 16.4 Å². The lowest BCUT2D eigenvalue weighted by molar-refractivity contribution is -0.146. The predicted octanol–water partition coefficient (Wildman–Crippen LogP) is 4.88. The Balaban J connectivity index is 1.72. The molecule has 2 aliphatic rings. The van der Waals surface area contributed by atoms with E-state index in [0.717, 1.165) is 12.8 Å². The van der Waals surface area contributed by atoms with Crippen LogP contribution in [-0.2, 0) is 14.4 Å². The fourth-order valence-corrected chi connectivity index (χ4v) is 4.99. The lowest BCUT2D eigenvalue weighted by atomic mass is 9.83. The maximum absolute atomic E-state index is 14.3. The molecule has 4 N–H and O–H groups in total. The summed E-state index contributed by atoms with van der Waals surface area (Å²) in [6, 6.07) is 8.88. The van der Waals surface area contributed by atoms with Crippen LogP contribution in [0, 0.1) is 30.5 Å². The number of carbonyl (C=O) groups excluding carboxylic acids is 3. The molecule has 0 saturated heterocycles. The van der Waals surface area contributed by atoms with Crippen molar-refractivity contribution in [1.29, 1.82) is 0 Å². The number of anilines is 1. The van der Waals surface area contributed by atoms with E-state index in [4.69, 9.17) is 17.3 Å². The summed E-state index contributed by atoms with van der Waals surface area (Å²) in [4.78, 5) is 43.2. The third kappa shape index (κ3) is 7.14. The number of nitrogens with two attached hydrogens (primary N) is 1. The number of alkyl halides is 3. The van der Waals surface area contributed by atoms with E-state index in [9.17, 15) is 31.9 Å². The first-order valence-electron chi connectivity index (χ1n) is 12.4. The van der Waals surface area contributed by atoms with Gasteiger partial charge in [-0.15, -0.1) is 0 Å². The first-order chi connectivity index (χ1) is 18.3. The Labute approximate surface area is 227 Å². The zero-order valence-corrected chi connectivity index (χ0v) is 21.7. The Morgan fingerprint density at radius 1 is 1.21 bits per heavy atom. The number of rotatable bonds is 9. The lowest BCUT2D eigenvalue weighted by Gasteiger charge is -2.26. The SMILES string of the molecule is Cc1cc(F)cc(C2=N[C@H](NC(=O)[C@H](CCC(F)(F)F)[C@H](CC3CC3)C(N)=O)C(=O)Nc3c(Cl)cccc32)c1. The van der Waals surface area contributed by atoms with Crippen LogP contribution in [0.5, 0.6) is 0 Å². The molecule has 39 heavy (non-hydrogen) atoms. The Morgan fingerprint density at radius 3 is 2.54 bits per heavy atom. The highest BCUT2D eigenvalue weighted by Crippen LogP contribution is 2.39. The zero-order chi connectivity index (χ0) is 28.5. The van der Waals surface area contributed by atoms with Gasteiger partial charge in [0.15, 0.2) is 0 Å². The Kier molecular flexibility index (Phi) is 8.29. The molecule has 3 atom stereocenters. The van der Waals surface area contributed by atoms with Crippen molar-refractivity contribution in [2.75, 3.05) is 5.32 Å². The number of benzodiazepines with no additional fused rings is 1. The van der Waals surface area contributed by atoms with Crippen molar-refractivity contribution in [3.8, 4) is 0 Å². The zero-order valence-electron chi connectivity index (χ0n) is 20.9. The molecule has 0 radical (unpaired) electrons. The van der Waals surface area contributed by atoms with Gasteiger partial charge in [0, 0.05) is 29.4 Å². The number of amides is 3.